The van der Waals surface area contributed by atoms with Gasteiger partial charge in [0.15, 0.2) is 5.13 Å². The first kappa shape index (κ1) is 12.3. The smallest absolute Gasteiger partial charge is 0.180 e. The highest BCUT2D eigenvalue weighted by Gasteiger charge is 2.15. The summed E-state index contributed by atoms with van der Waals surface area (Å²) in [4.78, 5) is 14.2. The van der Waals surface area contributed by atoms with Gasteiger partial charge >= 0.3 is 0 Å². The summed E-state index contributed by atoms with van der Waals surface area (Å²) < 4.78 is 0. The Labute approximate surface area is 119 Å². The van der Waals surface area contributed by atoms with E-state index >= 15 is 0 Å². The molecule has 3 aromatic rings. The van der Waals surface area contributed by atoms with Crippen molar-refractivity contribution < 1.29 is 0 Å². The molecule has 2 N–H and O–H groups in total. The fourth-order valence-corrected chi connectivity index (χ4v) is 3.55. The average Bonchev–Trinajstić information content (AvgIpc) is 3.05. The second kappa shape index (κ2) is 5.07. The van der Waals surface area contributed by atoms with E-state index in [0.717, 1.165) is 33.3 Å². The maximum absolute atomic E-state index is 5.71. The molecule has 19 heavy (non-hydrogen) atoms. The first-order valence-electron chi connectivity index (χ1n) is 5.89. The number of pyridine rings is 1. The number of anilines is 1. The number of thiazole rings is 2. The zero-order chi connectivity index (χ0) is 13.2. The Kier molecular flexibility index (Phi) is 3.27. The molecule has 0 aliphatic carbocycles. The monoisotopic (exact) mass is 288 g/mol. The normalized spacial score (nSPS) is 10.8. The van der Waals surface area contributed by atoms with Gasteiger partial charge in [0.05, 0.1) is 16.3 Å². The third kappa shape index (κ3) is 2.36. The van der Waals surface area contributed by atoms with Crippen LogP contribution < -0.4 is 5.73 Å². The van der Waals surface area contributed by atoms with Gasteiger partial charge in [-0.05, 0) is 18.6 Å². The molecule has 3 heterocycles. The van der Waals surface area contributed by atoms with Crippen molar-refractivity contribution in [3.63, 3.8) is 0 Å². The molecular formula is C13H12N4S2. The Morgan fingerprint density at radius 1 is 1.21 bits per heavy atom. The van der Waals surface area contributed by atoms with Crippen LogP contribution >= 0.6 is 22.7 Å². The zero-order valence-electron chi connectivity index (χ0n) is 10.3. The van der Waals surface area contributed by atoms with Crippen molar-refractivity contribution in [3.8, 4) is 21.1 Å². The Morgan fingerprint density at radius 3 is 2.63 bits per heavy atom. The first-order valence-corrected chi connectivity index (χ1v) is 7.59. The molecule has 3 rings (SSSR count). The van der Waals surface area contributed by atoms with Crippen LogP contribution in [0.25, 0.3) is 21.1 Å². The molecule has 0 fully saturated rings. The summed E-state index contributed by atoms with van der Waals surface area (Å²) in [5, 5.41) is 3.58. The van der Waals surface area contributed by atoms with E-state index in [9.17, 15) is 0 Å². The summed E-state index contributed by atoms with van der Waals surface area (Å²) in [6.07, 6.45) is 4.44. The molecule has 0 saturated carbocycles. The molecule has 0 aliphatic rings. The van der Waals surface area contributed by atoms with Crippen molar-refractivity contribution >= 4 is 27.8 Å². The second-order valence-corrected chi connectivity index (χ2v) is 5.84. The molecule has 96 valence electrons. The highest BCUT2D eigenvalue weighted by Crippen LogP contribution is 2.36. The van der Waals surface area contributed by atoms with Crippen molar-refractivity contribution in [3.05, 3.63) is 35.6 Å². The van der Waals surface area contributed by atoms with Crippen LogP contribution in [0.3, 0.4) is 0 Å². The summed E-state index contributed by atoms with van der Waals surface area (Å²) >= 11 is 3.11. The highest BCUT2D eigenvalue weighted by atomic mass is 32.1. The van der Waals surface area contributed by atoms with Gasteiger partial charge in [-0.1, -0.05) is 6.92 Å². The topological polar surface area (TPSA) is 64.7 Å². The number of aromatic nitrogens is 3. The van der Waals surface area contributed by atoms with Crippen molar-refractivity contribution in [2.24, 2.45) is 0 Å². The van der Waals surface area contributed by atoms with Gasteiger partial charge in [-0.15, -0.1) is 22.7 Å². The van der Waals surface area contributed by atoms with E-state index < -0.39 is 0 Å². The van der Waals surface area contributed by atoms with E-state index in [1.807, 2.05) is 17.5 Å². The molecule has 0 saturated heterocycles. The first-order chi connectivity index (χ1) is 9.28. The van der Waals surface area contributed by atoms with Crippen LogP contribution in [0.15, 0.2) is 29.9 Å². The number of hydrogen-bond acceptors (Lipinski definition) is 6. The standard InChI is InChI=1S/C13H12N4S2/c1-2-9-11(10-7-18-13(14)17-10)19-12(16-9)8-3-5-15-6-4-8/h3-7H,2H2,1H3,(H2,14,17). The third-order valence-corrected chi connectivity index (χ3v) is 4.56. The Balaban J connectivity index is 2.09. The summed E-state index contributed by atoms with van der Waals surface area (Å²) in [5.74, 6) is 0. The predicted octanol–water partition coefficient (Wildman–Crippen LogP) is 3.47. The Morgan fingerprint density at radius 2 is 2.00 bits per heavy atom. The molecule has 0 aromatic carbocycles. The van der Waals surface area contributed by atoms with Crippen LogP contribution in [-0.2, 0) is 6.42 Å². The molecular weight excluding hydrogens is 276 g/mol. The minimum atomic E-state index is 0.593. The number of nitrogen functional groups attached to an aromatic ring is 1. The van der Waals surface area contributed by atoms with Crippen molar-refractivity contribution in [1.29, 1.82) is 0 Å². The fraction of sp³-hybridized carbons (Fsp3) is 0.154. The predicted molar refractivity (Wildman–Crippen MR) is 80.2 cm³/mol. The maximum Gasteiger partial charge on any atom is 0.180 e. The SMILES string of the molecule is CCc1nc(-c2ccncc2)sc1-c1csc(N)n1. The van der Waals surface area contributed by atoms with Gasteiger partial charge < -0.3 is 5.73 Å². The molecule has 0 atom stereocenters. The summed E-state index contributed by atoms with van der Waals surface area (Å²) in [6, 6.07) is 3.94. The van der Waals surface area contributed by atoms with Gasteiger partial charge in [-0.25, -0.2) is 9.97 Å². The van der Waals surface area contributed by atoms with Crippen LogP contribution in [-0.4, -0.2) is 15.0 Å². The van der Waals surface area contributed by atoms with Gasteiger partial charge in [-0.2, -0.15) is 0 Å². The van der Waals surface area contributed by atoms with Crippen LogP contribution in [0.2, 0.25) is 0 Å². The molecule has 0 unspecified atom stereocenters. The number of hydrogen-bond donors (Lipinski definition) is 1. The van der Waals surface area contributed by atoms with Crippen LogP contribution in [0.5, 0.6) is 0 Å². The van der Waals surface area contributed by atoms with Gasteiger partial charge in [0.2, 0.25) is 0 Å². The van der Waals surface area contributed by atoms with Gasteiger partial charge in [0.25, 0.3) is 0 Å². The molecule has 4 nitrogen and oxygen atoms in total. The lowest BCUT2D eigenvalue weighted by Crippen LogP contribution is -1.86. The van der Waals surface area contributed by atoms with Crippen LogP contribution in [0.4, 0.5) is 5.13 Å². The number of rotatable bonds is 3. The Hall–Kier alpha value is -1.79. The largest absolute Gasteiger partial charge is 0.375 e. The van der Waals surface area contributed by atoms with E-state index in [1.54, 1.807) is 23.7 Å². The summed E-state index contributed by atoms with van der Waals surface area (Å²) in [6.45, 7) is 2.10. The number of aryl methyl sites for hydroxylation is 1. The van der Waals surface area contributed by atoms with Gasteiger partial charge in [0.1, 0.15) is 5.01 Å². The average molecular weight is 288 g/mol. The third-order valence-electron chi connectivity index (χ3n) is 2.71. The van der Waals surface area contributed by atoms with Crippen molar-refractivity contribution in [1.82, 2.24) is 15.0 Å². The second-order valence-electron chi connectivity index (χ2n) is 3.96. The fourth-order valence-electron chi connectivity index (χ4n) is 1.80. The lowest BCUT2D eigenvalue weighted by atomic mass is 10.2. The van der Waals surface area contributed by atoms with E-state index in [-0.39, 0.29) is 0 Å². The number of nitrogens with zero attached hydrogens (tertiary/aromatic N) is 3. The van der Waals surface area contributed by atoms with Gasteiger partial charge in [-0.3, -0.25) is 4.98 Å². The highest BCUT2D eigenvalue weighted by molar-refractivity contribution is 7.19. The maximum atomic E-state index is 5.71. The number of nitrogens with two attached hydrogens (primary N) is 1. The van der Waals surface area contributed by atoms with E-state index in [0.29, 0.717) is 5.13 Å². The van der Waals surface area contributed by atoms with Crippen LogP contribution in [0, 0.1) is 0 Å². The summed E-state index contributed by atoms with van der Waals surface area (Å²) in [5.41, 5.74) is 8.80. The molecule has 0 amide bonds. The molecule has 0 bridgehead atoms. The van der Waals surface area contributed by atoms with Crippen molar-refractivity contribution in [2.45, 2.75) is 13.3 Å². The van der Waals surface area contributed by atoms with E-state index in [4.69, 9.17) is 10.7 Å². The molecule has 3 aromatic heterocycles. The van der Waals surface area contributed by atoms with E-state index in [1.165, 1.54) is 11.3 Å². The van der Waals surface area contributed by atoms with Crippen LogP contribution in [0.1, 0.15) is 12.6 Å². The molecule has 6 heteroatoms. The zero-order valence-corrected chi connectivity index (χ0v) is 12.0. The quantitative estimate of drug-likeness (QED) is 0.801. The minimum Gasteiger partial charge on any atom is -0.375 e. The lowest BCUT2D eigenvalue weighted by Gasteiger charge is -1.93. The van der Waals surface area contributed by atoms with Crippen molar-refractivity contribution in [2.75, 3.05) is 5.73 Å². The van der Waals surface area contributed by atoms with Gasteiger partial charge in [0, 0.05) is 23.3 Å². The molecule has 0 aliphatic heterocycles. The lowest BCUT2D eigenvalue weighted by molar-refractivity contribution is 1.06. The molecule has 0 spiro atoms. The minimum absolute atomic E-state index is 0.593. The summed E-state index contributed by atoms with van der Waals surface area (Å²) in [7, 11) is 0. The molecule has 0 radical (unpaired) electrons. The van der Waals surface area contributed by atoms with E-state index in [2.05, 4.69) is 16.9 Å². The Bertz CT molecular complexity index is 688.